The third-order valence-corrected chi connectivity index (χ3v) is 10.1. The van der Waals surface area contributed by atoms with E-state index in [9.17, 15) is 26.3 Å². The lowest BCUT2D eigenvalue weighted by Gasteiger charge is -2.41. The standard InChI is InChI=1S/C16H21F3N4.C15H19F3N4/c17-16(18,19)11-3-1-8-23(9-11)14-6-5-13-15(21-14)20-12-4-2-7-22(13)10-12;16-15(17,18)10-2-1-6-22(8-10)13-4-3-12-14(20-13)19-11-5-7-21(12)9-11/h5-6,11-12H,1-4,7-10H2,(H,20,21);3-4,10-11H,1-2,5-9H2,(H,19,20)/t11?,12-;10?,11-/m10/s1. The fraction of sp³-hybridized carbons (Fsp3) is 0.677. The van der Waals surface area contributed by atoms with Crippen LogP contribution in [-0.2, 0) is 0 Å². The van der Waals surface area contributed by atoms with Crippen molar-refractivity contribution in [3.63, 3.8) is 0 Å². The van der Waals surface area contributed by atoms with Crippen LogP contribution in [-0.4, -0.2) is 86.8 Å². The van der Waals surface area contributed by atoms with Crippen LogP contribution in [0.4, 0.5) is 61.0 Å². The van der Waals surface area contributed by atoms with Gasteiger partial charge >= 0.3 is 12.4 Å². The third-order valence-electron chi connectivity index (χ3n) is 10.1. The molecule has 0 saturated carbocycles. The fourth-order valence-corrected chi connectivity index (χ4v) is 7.66. The largest absolute Gasteiger partial charge is 0.393 e. The zero-order valence-electron chi connectivity index (χ0n) is 25.2. The molecule has 0 radical (unpaired) electrons. The van der Waals surface area contributed by atoms with Crippen LogP contribution in [0.1, 0.15) is 44.9 Å². The van der Waals surface area contributed by atoms with E-state index in [1.807, 2.05) is 24.3 Å². The van der Waals surface area contributed by atoms with Gasteiger partial charge in [0.1, 0.15) is 11.6 Å². The van der Waals surface area contributed by atoms with E-state index in [1.54, 1.807) is 9.80 Å². The summed E-state index contributed by atoms with van der Waals surface area (Å²) in [5, 5.41) is 6.86. The topological polar surface area (TPSA) is 62.8 Å². The van der Waals surface area contributed by atoms with Gasteiger partial charge in [-0.15, -0.1) is 0 Å². The first-order valence-corrected chi connectivity index (χ1v) is 16.2. The second kappa shape index (κ2) is 11.8. The minimum atomic E-state index is -4.12. The lowest BCUT2D eigenvalue weighted by atomic mass is 9.97. The summed E-state index contributed by atoms with van der Waals surface area (Å²) in [6.07, 6.45) is -3.29. The fourth-order valence-electron chi connectivity index (χ4n) is 7.66. The quantitative estimate of drug-likeness (QED) is 0.382. The maximum Gasteiger partial charge on any atom is 0.393 e. The summed E-state index contributed by atoms with van der Waals surface area (Å²) >= 11 is 0. The molecule has 2 unspecified atom stereocenters. The molecule has 0 aliphatic carbocycles. The van der Waals surface area contributed by atoms with Gasteiger partial charge in [-0.2, -0.15) is 26.3 Å². The molecule has 2 aromatic rings. The minimum Gasteiger partial charge on any atom is -0.366 e. The average molecular weight is 639 g/mol. The van der Waals surface area contributed by atoms with Crippen LogP contribution in [0.25, 0.3) is 0 Å². The molecule has 2 aromatic heterocycles. The summed E-state index contributed by atoms with van der Waals surface area (Å²) in [6, 6.07) is 8.54. The summed E-state index contributed by atoms with van der Waals surface area (Å²) in [5.41, 5.74) is 2.15. The first-order chi connectivity index (χ1) is 21.5. The lowest BCUT2D eigenvalue weighted by molar-refractivity contribution is -0.176. The molecule has 246 valence electrons. The first-order valence-electron chi connectivity index (χ1n) is 16.2. The number of nitrogens with zero attached hydrogens (tertiary/aromatic N) is 6. The molecular weight excluding hydrogens is 598 g/mol. The maximum absolute atomic E-state index is 13.0. The molecule has 2 N–H and O–H groups in total. The highest BCUT2D eigenvalue weighted by molar-refractivity contribution is 5.73. The molecule has 8 nitrogen and oxygen atoms in total. The molecule has 6 aliphatic rings. The summed E-state index contributed by atoms with van der Waals surface area (Å²) in [5.74, 6) is 0.471. The number of hydrogen-bond donors (Lipinski definition) is 2. The molecule has 4 atom stereocenters. The number of piperidine rings is 3. The van der Waals surface area contributed by atoms with Gasteiger partial charge in [0, 0.05) is 64.4 Å². The number of pyridine rings is 2. The maximum atomic E-state index is 13.0. The van der Waals surface area contributed by atoms with Crippen molar-refractivity contribution in [2.24, 2.45) is 11.8 Å². The highest BCUT2D eigenvalue weighted by Crippen LogP contribution is 2.40. The van der Waals surface area contributed by atoms with Crippen molar-refractivity contribution in [2.75, 3.05) is 82.6 Å². The average Bonchev–Trinajstić information content (AvgIpc) is 3.41. The Hall–Kier alpha value is -3.32. The highest BCUT2D eigenvalue weighted by Gasteiger charge is 2.43. The molecule has 8 rings (SSSR count). The van der Waals surface area contributed by atoms with Gasteiger partial charge in [0.05, 0.1) is 23.2 Å². The molecule has 0 amide bonds. The van der Waals surface area contributed by atoms with Crippen molar-refractivity contribution in [2.45, 2.75) is 69.4 Å². The summed E-state index contributed by atoms with van der Waals surface area (Å²) in [7, 11) is 0. The van der Waals surface area contributed by atoms with Crippen molar-refractivity contribution in [1.29, 1.82) is 0 Å². The van der Waals surface area contributed by atoms with Crippen LogP contribution in [0, 0.1) is 11.8 Å². The van der Waals surface area contributed by atoms with Gasteiger partial charge in [0.15, 0.2) is 11.6 Å². The van der Waals surface area contributed by atoms with Gasteiger partial charge in [0.2, 0.25) is 0 Å². The third kappa shape index (κ3) is 6.38. The van der Waals surface area contributed by atoms with E-state index in [0.29, 0.717) is 49.7 Å². The van der Waals surface area contributed by atoms with Crippen LogP contribution in [0.2, 0.25) is 0 Å². The van der Waals surface area contributed by atoms with Crippen LogP contribution < -0.4 is 30.2 Å². The number of halogens is 6. The normalized spacial score (nSPS) is 27.5. The Morgan fingerprint density at radius 1 is 0.533 bits per heavy atom. The van der Waals surface area contributed by atoms with E-state index < -0.39 is 24.2 Å². The van der Waals surface area contributed by atoms with Gasteiger partial charge in [0.25, 0.3) is 0 Å². The number of aromatic nitrogens is 2. The molecule has 0 aromatic carbocycles. The zero-order chi connectivity index (χ0) is 31.3. The Morgan fingerprint density at radius 2 is 0.978 bits per heavy atom. The van der Waals surface area contributed by atoms with E-state index in [2.05, 4.69) is 30.4 Å². The Kier molecular flexibility index (Phi) is 7.95. The van der Waals surface area contributed by atoms with E-state index in [0.717, 1.165) is 68.5 Å². The summed E-state index contributed by atoms with van der Waals surface area (Å²) in [4.78, 5) is 17.4. The molecule has 4 bridgehead atoms. The highest BCUT2D eigenvalue weighted by atomic mass is 19.4. The van der Waals surface area contributed by atoms with Crippen LogP contribution in [0.3, 0.4) is 0 Å². The van der Waals surface area contributed by atoms with E-state index in [1.165, 1.54) is 0 Å². The predicted octanol–water partition coefficient (Wildman–Crippen LogP) is 6.12. The Balaban J connectivity index is 0.000000145. The van der Waals surface area contributed by atoms with Crippen LogP contribution >= 0.6 is 0 Å². The Labute approximate surface area is 259 Å². The minimum absolute atomic E-state index is 0.0163. The Morgan fingerprint density at radius 3 is 1.49 bits per heavy atom. The smallest absolute Gasteiger partial charge is 0.366 e. The molecule has 4 fully saturated rings. The van der Waals surface area contributed by atoms with Crippen molar-refractivity contribution in [3.05, 3.63) is 24.3 Å². The molecule has 0 spiro atoms. The number of alkyl halides is 6. The van der Waals surface area contributed by atoms with Gasteiger partial charge in [-0.25, -0.2) is 9.97 Å². The van der Waals surface area contributed by atoms with Crippen LogP contribution in [0.5, 0.6) is 0 Å². The van der Waals surface area contributed by atoms with Gasteiger partial charge in [-0.3, -0.25) is 0 Å². The number of nitrogens with one attached hydrogen (secondary N) is 2. The van der Waals surface area contributed by atoms with E-state index >= 15 is 0 Å². The second-order valence-electron chi connectivity index (χ2n) is 13.2. The van der Waals surface area contributed by atoms with Gasteiger partial charge in [-0.1, -0.05) is 0 Å². The van der Waals surface area contributed by atoms with Gasteiger partial charge < -0.3 is 30.2 Å². The predicted molar refractivity (Wildman–Crippen MR) is 164 cm³/mol. The van der Waals surface area contributed by atoms with Crippen molar-refractivity contribution in [1.82, 2.24) is 9.97 Å². The molecule has 8 heterocycles. The number of hydrogen-bond acceptors (Lipinski definition) is 8. The molecular formula is C31H40F6N8. The summed E-state index contributed by atoms with van der Waals surface area (Å²) < 4.78 is 77.8. The number of anilines is 6. The van der Waals surface area contributed by atoms with Crippen molar-refractivity contribution in [3.8, 4) is 0 Å². The van der Waals surface area contributed by atoms with E-state index in [4.69, 9.17) is 0 Å². The zero-order valence-corrected chi connectivity index (χ0v) is 25.2. The number of rotatable bonds is 2. The first kappa shape index (κ1) is 30.3. The lowest BCUT2D eigenvalue weighted by Crippen LogP contribution is -2.46. The van der Waals surface area contributed by atoms with Crippen molar-refractivity contribution >= 4 is 34.6 Å². The molecule has 14 heteroatoms. The SMILES string of the molecule is FC(F)(F)C1CCCN(c2ccc3c(n2)N[C@@H]2CCCN3C2)C1.FC(F)(F)C1CCCN(c2ccc3c(n2)N[C@H]2CCN3C2)C1. The molecule has 6 aliphatic heterocycles. The molecule has 4 saturated heterocycles. The van der Waals surface area contributed by atoms with Crippen LogP contribution in [0.15, 0.2) is 24.3 Å². The van der Waals surface area contributed by atoms with Gasteiger partial charge in [-0.05, 0) is 69.2 Å². The number of fused-ring (bicyclic) bond motifs is 8. The summed E-state index contributed by atoms with van der Waals surface area (Å²) in [6.45, 7) is 5.36. The second-order valence-corrected chi connectivity index (χ2v) is 13.2. The molecule has 45 heavy (non-hydrogen) atoms. The Bertz CT molecular complexity index is 1370. The van der Waals surface area contributed by atoms with Crippen molar-refractivity contribution < 1.29 is 26.3 Å². The van der Waals surface area contributed by atoms with E-state index in [-0.39, 0.29) is 25.9 Å². The monoisotopic (exact) mass is 638 g/mol.